The quantitative estimate of drug-likeness (QED) is 0.908. The highest BCUT2D eigenvalue weighted by Gasteiger charge is 2.18. The summed E-state index contributed by atoms with van der Waals surface area (Å²) in [6.07, 6.45) is 6.54. The van der Waals surface area contributed by atoms with Crippen LogP contribution in [0.15, 0.2) is 41.1 Å². The molecule has 1 saturated heterocycles. The highest BCUT2D eigenvalue weighted by atomic mass is 79.9. The van der Waals surface area contributed by atoms with Crippen LogP contribution in [0.4, 0.5) is 11.6 Å². The van der Waals surface area contributed by atoms with Crippen LogP contribution < -0.4 is 5.32 Å². The number of nitrogens with one attached hydrogen (secondary N) is 1. The largest absolute Gasteiger partial charge is 0.339 e. The molecule has 1 aromatic carbocycles. The Bertz CT molecular complexity index is 636. The fourth-order valence-corrected chi connectivity index (χ4v) is 2.71. The monoisotopic (exact) mass is 360 g/mol. The zero-order valence-corrected chi connectivity index (χ0v) is 13.7. The number of anilines is 2. The van der Waals surface area contributed by atoms with E-state index in [0.717, 1.165) is 36.1 Å². The van der Waals surface area contributed by atoms with Crippen LogP contribution in [0.25, 0.3) is 0 Å². The minimum absolute atomic E-state index is 0.0230. The lowest BCUT2D eigenvalue weighted by atomic mass is 10.1. The highest BCUT2D eigenvalue weighted by Crippen LogP contribution is 2.17. The van der Waals surface area contributed by atoms with Gasteiger partial charge in [0.25, 0.3) is 5.91 Å². The Hall–Kier alpha value is -1.95. The summed E-state index contributed by atoms with van der Waals surface area (Å²) < 4.78 is 1.02. The first-order valence-electron chi connectivity index (χ1n) is 7.36. The van der Waals surface area contributed by atoms with Crippen molar-refractivity contribution in [2.24, 2.45) is 0 Å². The average Bonchev–Trinajstić information content (AvgIpc) is 2.58. The molecule has 1 amide bonds. The fourth-order valence-electron chi connectivity index (χ4n) is 2.44. The van der Waals surface area contributed by atoms with E-state index in [4.69, 9.17) is 0 Å². The molecule has 2 aromatic rings. The molecule has 114 valence electrons. The van der Waals surface area contributed by atoms with Crippen molar-refractivity contribution in [3.05, 3.63) is 46.7 Å². The van der Waals surface area contributed by atoms with E-state index < -0.39 is 0 Å². The number of carbonyl (C=O) groups excluding carboxylic acids is 1. The van der Waals surface area contributed by atoms with E-state index in [1.165, 1.54) is 6.42 Å². The third-order valence-corrected chi connectivity index (χ3v) is 4.17. The molecule has 6 heteroatoms. The molecule has 1 N–H and O–H groups in total. The third-order valence-electron chi connectivity index (χ3n) is 3.64. The van der Waals surface area contributed by atoms with E-state index in [1.54, 1.807) is 12.4 Å². The van der Waals surface area contributed by atoms with Crippen LogP contribution in [0, 0.1) is 0 Å². The molecule has 1 fully saturated rings. The summed E-state index contributed by atoms with van der Waals surface area (Å²) >= 11 is 3.39. The normalized spacial score (nSPS) is 14.7. The lowest BCUT2D eigenvalue weighted by molar-refractivity contribution is 0.0723. The first-order chi connectivity index (χ1) is 10.7. The van der Waals surface area contributed by atoms with Crippen molar-refractivity contribution in [2.75, 3.05) is 18.4 Å². The summed E-state index contributed by atoms with van der Waals surface area (Å²) in [5.41, 5.74) is 1.45. The van der Waals surface area contributed by atoms with E-state index in [9.17, 15) is 4.79 Å². The summed E-state index contributed by atoms with van der Waals surface area (Å²) in [5, 5.41) is 3.11. The van der Waals surface area contributed by atoms with Crippen LogP contribution in [0.3, 0.4) is 0 Å². The molecule has 1 aliphatic heterocycles. The number of rotatable bonds is 3. The van der Waals surface area contributed by atoms with Gasteiger partial charge in [-0.3, -0.25) is 4.79 Å². The number of benzene rings is 1. The number of amides is 1. The Labute approximate surface area is 137 Å². The van der Waals surface area contributed by atoms with Crippen LogP contribution in [-0.4, -0.2) is 33.9 Å². The van der Waals surface area contributed by atoms with Gasteiger partial charge >= 0.3 is 0 Å². The first kappa shape index (κ1) is 15.0. The highest BCUT2D eigenvalue weighted by molar-refractivity contribution is 9.10. The molecule has 0 radical (unpaired) electrons. The van der Waals surface area contributed by atoms with Crippen molar-refractivity contribution < 1.29 is 4.79 Å². The number of piperidine rings is 1. The number of hydrogen-bond donors (Lipinski definition) is 1. The first-order valence-corrected chi connectivity index (χ1v) is 8.15. The van der Waals surface area contributed by atoms with Crippen molar-refractivity contribution in [3.8, 4) is 0 Å². The Morgan fingerprint density at radius 2 is 1.68 bits per heavy atom. The zero-order valence-electron chi connectivity index (χ0n) is 12.1. The number of carbonyl (C=O) groups is 1. The van der Waals surface area contributed by atoms with Crippen molar-refractivity contribution in [2.45, 2.75) is 19.3 Å². The molecule has 0 spiro atoms. The van der Waals surface area contributed by atoms with Gasteiger partial charge in [0, 0.05) is 35.6 Å². The van der Waals surface area contributed by atoms with Crippen molar-refractivity contribution in [3.63, 3.8) is 0 Å². The predicted molar refractivity (Wildman–Crippen MR) is 89.2 cm³/mol. The number of likely N-dealkylation sites (tertiary alicyclic amines) is 1. The van der Waals surface area contributed by atoms with E-state index in [-0.39, 0.29) is 5.91 Å². The molecule has 0 aliphatic carbocycles. The summed E-state index contributed by atoms with van der Waals surface area (Å²) in [6, 6.07) is 7.74. The van der Waals surface area contributed by atoms with Crippen molar-refractivity contribution >= 4 is 33.5 Å². The van der Waals surface area contributed by atoms with Gasteiger partial charge in [-0.2, -0.15) is 0 Å². The Morgan fingerprint density at radius 1 is 1.05 bits per heavy atom. The second-order valence-electron chi connectivity index (χ2n) is 5.28. The van der Waals surface area contributed by atoms with Gasteiger partial charge in [0.1, 0.15) is 0 Å². The predicted octanol–water partition coefficient (Wildman–Crippen LogP) is 3.61. The maximum atomic E-state index is 12.3. The van der Waals surface area contributed by atoms with E-state index in [2.05, 4.69) is 31.2 Å². The van der Waals surface area contributed by atoms with Crippen LogP contribution in [0.5, 0.6) is 0 Å². The number of aromatic nitrogens is 2. The van der Waals surface area contributed by atoms with Gasteiger partial charge in [0.15, 0.2) is 0 Å². The van der Waals surface area contributed by atoms with Crippen LogP contribution in [0.2, 0.25) is 0 Å². The minimum Gasteiger partial charge on any atom is -0.339 e. The molecule has 1 aliphatic rings. The van der Waals surface area contributed by atoms with Gasteiger partial charge < -0.3 is 10.2 Å². The second-order valence-corrected chi connectivity index (χ2v) is 6.20. The second kappa shape index (κ2) is 6.87. The van der Waals surface area contributed by atoms with Gasteiger partial charge in [0.2, 0.25) is 5.95 Å². The van der Waals surface area contributed by atoms with Gasteiger partial charge in [-0.1, -0.05) is 15.9 Å². The van der Waals surface area contributed by atoms with E-state index in [0.29, 0.717) is 11.5 Å². The molecule has 5 nitrogen and oxygen atoms in total. The van der Waals surface area contributed by atoms with Crippen LogP contribution in [0.1, 0.15) is 29.6 Å². The Balaban J connectivity index is 1.66. The molecule has 0 bridgehead atoms. The van der Waals surface area contributed by atoms with Gasteiger partial charge in [-0.15, -0.1) is 0 Å². The molecule has 0 saturated carbocycles. The molecule has 0 atom stereocenters. The summed E-state index contributed by atoms with van der Waals surface area (Å²) in [4.78, 5) is 22.7. The third kappa shape index (κ3) is 3.62. The van der Waals surface area contributed by atoms with Gasteiger partial charge in [0.05, 0.1) is 5.56 Å². The van der Waals surface area contributed by atoms with Crippen LogP contribution in [-0.2, 0) is 0 Å². The molecule has 3 rings (SSSR count). The molecular formula is C16H17BrN4O. The molecule has 0 unspecified atom stereocenters. The number of hydrogen-bond acceptors (Lipinski definition) is 4. The minimum atomic E-state index is 0.0230. The Morgan fingerprint density at radius 3 is 2.32 bits per heavy atom. The van der Waals surface area contributed by atoms with E-state index >= 15 is 0 Å². The summed E-state index contributed by atoms with van der Waals surface area (Å²) in [7, 11) is 0. The maximum absolute atomic E-state index is 12.3. The van der Waals surface area contributed by atoms with Crippen molar-refractivity contribution in [1.29, 1.82) is 0 Å². The zero-order chi connectivity index (χ0) is 15.4. The molecule has 22 heavy (non-hydrogen) atoms. The van der Waals surface area contributed by atoms with Crippen LogP contribution >= 0.6 is 15.9 Å². The standard InChI is InChI=1S/C16H17BrN4O/c17-13-4-6-14(7-5-13)20-16-18-10-12(11-19-16)15(22)21-8-2-1-3-9-21/h4-7,10-11H,1-3,8-9H2,(H,18,19,20). The Kier molecular flexibility index (Phi) is 4.68. The summed E-state index contributed by atoms with van der Waals surface area (Å²) in [5.74, 6) is 0.507. The van der Waals surface area contributed by atoms with E-state index in [1.807, 2.05) is 29.2 Å². The van der Waals surface area contributed by atoms with Gasteiger partial charge in [-0.05, 0) is 43.5 Å². The fraction of sp³-hybridized carbons (Fsp3) is 0.312. The lowest BCUT2D eigenvalue weighted by Crippen LogP contribution is -2.35. The van der Waals surface area contributed by atoms with Gasteiger partial charge in [-0.25, -0.2) is 9.97 Å². The van der Waals surface area contributed by atoms with Crippen molar-refractivity contribution in [1.82, 2.24) is 14.9 Å². The number of nitrogens with zero attached hydrogens (tertiary/aromatic N) is 3. The maximum Gasteiger partial charge on any atom is 0.256 e. The topological polar surface area (TPSA) is 58.1 Å². The molecular weight excluding hydrogens is 344 g/mol. The molecule has 2 heterocycles. The number of halogens is 1. The summed E-state index contributed by atoms with van der Waals surface area (Å²) in [6.45, 7) is 1.66. The average molecular weight is 361 g/mol. The lowest BCUT2D eigenvalue weighted by Gasteiger charge is -2.26. The SMILES string of the molecule is O=C(c1cnc(Nc2ccc(Br)cc2)nc1)N1CCCCC1. The molecule has 1 aromatic heterocycles. The smallest absolute Gasteiger partial charge is 0.256 e.